The summed E-state index contributed by atoms with van der Waals surface area (Å²) in [6.07, 6.45) is 3.49. The minimum atomic E-state index is -0.696. The van der Waals surface area contributed by atoms with E-state index in [9.17, 15) is 14.4 Å². The van der Waals surface area contributed by atoms with Crippen molar-refractivity contribution in [1.82, 2.24) is 10.6 Å². The van der Waals surface area contributed by atoms with Crippen LogP contribution in [0.2, 0.25) is 0 Å². The standard InChI is InChI=1S/C12H18N2O4/c1-3-4-5-9(12(17)18-2)14-11(16)8-6-7-10(15)13-8/h3,8-9H,1,4-7H2,2H3,(H,13,15)(H,14,16)/t8-,9+/m0/s1. The molecule has 0 spiro atoms. The Labute approximate surface area is 106 Å². The van der Waals surface area contributed by atoms with Crippen molar-refractivity contribution in [2.45, 2.75) is 37.8 Å². The van der Waals surface area contributed by atoms with Crippen LogP contribution in [-0.4, -0.2) is 37.0 Å². The first-order valence-corrected chi connectivity index (χ1v) is 5.87. The van der Waals surface area contributed by atoms with Crippen LogP contribution < -0.4 is 10.6 Å². The zero-order valence-electron chi connectivity index (χ0n) is 10.4. The highest BCUT2D eigenvalue weighted by atomic mass is 16.5. The van der Waals surface area contributed by atoms with Crippen molar-refractivity contribution in [3.8, 4) is 0 Å². The summed E-state index contributed by atoms with van der Waals surface area (Å²) in [6, 6.07) is -1.24. The lowest BCUT2D eigenvalue weighted by molar-refractivity contribution is -0.145. The Hall–Kier alpha value is -1.85. The maximum Gasteiger partial charge on any atom is 0.328 e. The van der Waals surface area contributed by atoms with Gasteiger partial charge in [-0.25, -0.2) is 4.79 Å². The van der Waals surface area contributed by atoms with Gasteiger partial charge in [0.05, 0.1) is 7.11 Å². The fourth-order valence-electron chi connectivity index (χ4n) is 1.76. The van der Waals surface area contributed by atoms with Crippen LogP contribution in [0.25, 0.3) is 0 Å². The van der Waals surface area contributed by atoms with E-state index in [2.05, 4.69) is 21.9 Å². The number of carbonyl (C=O) groups is 3. The molecule has 0 bridgehead atoms. The van der Waals surface area contributed by atoms with Gasteiger partial charge in [-0.05, 0) is 19.3 Å². The highest BCUT2D eigenvalue weighted by molar-refractivity contribution is 5.93. The number of amides is 2. The van der Waals surface area contributed by atoms with Crippen LogP contribution in [0, 0.1) is 0 Å². The third kappa shape index (κ3) is 3.87. The van der Waals surface area contributed by atoms with Crippen LogP contribution in [0.15, 0.2) is 12.7 Å². The quantitative estimate of drug-likeness (QED) is 0.511. The van der Waals surface area contributed by atoms with Gasteiger partial charge in [-0.1, -0.05) is 6.08 Å². The SMILES string of the molecule is C=CCC[C@@H](NC(=O)[C@@H]1CCC(=O)N1)C(=O)OC. The van der Waals surface area contributed by atoms with Crippen LogP contribution >= 0.6 is 0 Å². The summed E-state index contributed by atoms with van der Waals surface area (Å²) in [7, 11) is 1.27. The second-order valence-corrected chi connectivity index (χ2v) is 4.11. The average Bonchev–Trinajstić information content (AvgIpc) is 2.80. The summed E-state index contributed by atoms with van der Waals surface area (Å²) in [6.45, 7) is 3.56. The third-order valence-corrected chi connectivity index (χ3v) is 2.77. The molecule has 1 fully saturated rings. The molecule has 0 aromatic rings. The van der Waals surface area contributed by atoms with Gasteiger partial charge in [-0.15, -0.1) is 6.58 Å². The van der Waals surface area contributed by atoms with Crippen LogP contribution in [-0.2, 0) is 19.1 Å². The second kappa shape index (κ2) is 6.78. The van der Waals surface area contributed by atoms with E-state index in [0.717, 1.165) is 0 Å². The number of hydrogen-bond donors (Lipinski definition) is 2. The zero-order valence-corrected chi connectivity index (χ0v) is 10.4. The molecular weight excluding hydrogens is 236 g/mol. The number of methoxy groups -OCH3 is 1. The van der Waals surface area contributed by atoms with Gasteiger partial charge in [0.2, 0.25) is 11.8 Å². The van der Waals surface area contributed by atoms with Crippen LogP contribution in [0.3, 0.4) is 0 Å². The van der Waals surface area contributed by atoms with Gasteiger partial charge >= 0.3 is 5.97 Å². The van der Waals surface area contributed by atoms with Crippen molar-refractivity contribution in [3.05, 3.63) is 12.7 Å². The Morgan fingerprint density at radius 3 is 2.89 bits per heavy atom. The van der Waals surface area contributed by atoms with Crippen LogP contribution in [0.1, 0.15) is 25.7 Å². The molecule has 18 heavy (non-hydrogen) atoms. The van der Waals surface area contributed by atoms with Gasteiger partial charge < -0.3 is 15.4 Å². The molecule has 1 heterocycles. The molecule has 1 saturated heterocycles. The first-order valence-electron chi connectivity index (χ1n) is 5.87. The molecule has 2 amide bonds. The number of ether oxygens (including phenoxy) is 1. The van der Waals surface area contributed by atoms with E-state index in [0.29, 0.717) is 25.7 Å². The summed E-state index contributed by atoms with van der Waals surface area (Å²) < 4.78 is 4.62. The molecule has 6 nitrogen and oxygen atoms in total. The molecule has 100 valence electrons. The van der Waals surface area contributed by atoms with E-state index >= 15 is 0 Å². The lowest BCUT2D eigenvalue weighted by atomic mass is 10.1. The molecule has 0 saturated carbocycles. The number of rotatable bonds is 6. The van der Waals surface area contributed by atoms with Gasteiger partial charge in [0.15, 0.2) is 0 Å². The van der Waals surface area contributed by atoms with Gasteiger partial charge in [-0.2, -0.15) is 0 Å². The number of esters is 1. The van der Waals surface area contributed by atoms with E-state index in [1.807, 2.05) is 0 Å². The van der Waals surface area contributed by atoms with Gasteiger partial charge in [0, 0.05) is 6.42 Å². The van der Waals surface area contributed by atoms with Crippen molar-refractivity contribution in [2.75, 3.05) is 7.11 Å². The molecule has 0 aliphatic carbocycles. The summed E-state index contributed by atoms with van der Waals surface area (Å²) in [4.78, 5) is 34.3. The predicted octanol–water partition coefficient (Wildman–Crippen LogP) is -0.111. The minimum absolute atomic E-state index is 0.143. The van der Waals surface area contributed by atoms with Gasteiger partial charge in [0.1, 0.15) is 12.1 Å². The van der Waals surface area contributed by atoms with Crippen molar-refractivity contribution in [2.24, 2.45) is 0 Å². The van der Waals surface area contributed by atoms with Crippen molar-refractivity contribution < 1.29 is 19.1 Å². The van der Waals surface area contributed by atoms with Crippen molar-refractivity contribution in [3.63, 3.8) is 0 Å². The number of nitrogens with one attached hydrogen (secondary N) is 2. The Kier molecular flexibility index (Phi) is 5.35. The summed E-state index contributed by atoms with van der Waals surface area (Å²) >= 11 is 0. The lowest BCUT2D eigenvalue weighted by Crippen LogP contribution is -2.49. The number of allylic oxidation sites excluding steroid dienone is 1. The fraction of sp³-hybridized carbons (Fsp3) is 0.583. The highest BCUT2D eigenvalue weighted by Crippen LogP contribution is 2.08. The summed E-state index contributed by atoms with van der Waals surface area (Å²) in [5, 5.41) is 5.14. The molecule has 1 rings (SSSR count). The summed E-state index contributed by atoms with van der Waals surface area (Å²) in [5.41, 5.74) is 0. The smallest absolute Gasteiger partial charge is 0.328 e. The Morgan fingerprint density at radius 2 is 2.39 bits per heavy atom. The number of hydrogen-bond acceptors (Lipinski definition) is 4. The van der Waals surface area contributed by atoms with Crippen molar-refractivity contribution >= 4 is 17.8 Å². The second-order valence-electron chi connectivity index (χ2n) is 4.11. The van der Waals surface area contributed by atoms with E-state index in [-0.39, 0.29) is 11.8 Å². The Bertz CT molecular complexity index is 354. The highest BCUT2D eigenvalue weighted by Gasteiger charge is 2.30. The average molecular weight is 254 g/mol. The molecule has 0 aromatic carbocycles. The monoisotopic (exact) mass is 254 g/mol. The Morgan fingerprint density at radius 1 is 1.67 bits per heavy atom. The third-order valence-electron chi connectivity index (χ3n) is 2.77. The molecule has 1 aliphatic rings. The zero-order chi connectivity index (χ0) is 13.5. The van der Waals surface area contributed by atoms with E-state index in [1.54, 1.807) is 6.08 Å². The van der Waals surface area contributed by atoms with E-state index in [1.165, 1.54) is 7.11 Å². The molecule has 1 aliphatic heterocycles. The minimum Gasteiger partial charge on any atom is -0.467 e. The molecule has 0 unspecified atom stereocenters. The molecule has 2 N–H and O–H groups in total. The fourth-order valence-corrected chi connectivity index (χ4v) is 1.76. The van der Waals surface area contributed by atoms with E-state index < -0.39 is 18.1 Å². The first-order chi connectivity index (χ1) is 8.58. The number of carbonyl (C=O) groups excluding carboxylic acids is 3. The first kappa shape index (κ1) is 14.2. The normalized spacial score (nSPS) is 19.8. The van der Waals surface area contributed by atoms with Gasteiger partial charge in [0.25, 0.3) is 0 Å². The largest absolute Gasteiger partial charge is 0.467 e. The molecular formula is C12H18N2O4. The topological polar surface area (TPSA) is 84.5 Å². The molecule has 6 heteroatoms. The molecule has 0 aromatic heterocycles. The van der Waals surface area contributed by atoms with Crippen LogP contribution in [0.4, 0.5) is 0 Å². The maximum absolute atomic E-state index is 11.8. The maximum atomic E-state index is 11.8. The van der Waals surface area contributed by atoms with Gasteiger partial charge in [-0.3, -0.25) is 9.59 Å². The molecule has 2 atom stereocenters. The van der Waals surface area contributed by atoms with Crippen molar-refractivity contribution in [1.29, 1.82) is 0 Å². The lowest BCUT2D eigenvalue weighted by Gasteiger charge is -2.18. The summed E-state index contributed by atoms with van der Waals surface area (Å²) in [5.74, 6) is -0.981. The molecule has 0 radical (unpaired) electrons. The Balaban J connectivity index is 2.53. The van der Waals surface area contributed by atoms with E-state index in [4.69, 9.17) is 0 Å². The predicted molar refractivity (Wildman–Crippen MR) is 64.5 cm³/mol. The van der Waals surface area contributed by atoms with Crippen LogP contribution in [0.5, 0.6) is 0 Å².